The van der Waals surface area contributed by atoms with Crippen molar-refractivity contribution in [1.29, 1.82) is 0 Å². The minimum atomic E-state index is -0.153. The summed E-state index contributed by atoms with van der Waals surface area (Å²) in [7, 11) is 3.32. The highest BCUT2D eigenvalue weighted by atomic mass is 16.5. The number of nitrogens with one attached hydrogen (secondary N) is 1. The van der Waals surface area contributed by atoms with Gasteiger partial charge in [-0.3, -0.25) is 9.78 Å². The molecule has 1 aromatic heterocycles. The molecule has 0 aliphatic rings. The van der Waals surface area contributed by atoms with Crippen molar-refractivity contribution in [2.75, 3.05) is 39.2 Å². The third-order valence-corrected chi connectivity index (χ3v) is 2.39. The highest BCUT2D eigenvalue weighted by molar-refractivity contribution is 5.92. The van der Waals surface area contributed by atoms with Crippen molar-refractivity contribution < 1.29 is 9.53 Å². The van der Waals surface area contributed by atoms with Gasteiger partial charge in [0.05, 0.1) is 19.0 Å². The Bertz CT molecular complexity index is 384. The predicted molar refractivity (Wildman–Crippen MR) is 69.6 cm³/mol. The summed E-state index contributed by atoms with van der Waals surface area (Å²) >= 11 is 0. The number of carbonyl (C=O) groups is 1. The topological polar surface area (TPSA) is 67.4 Å². The minimum absolute atomic E-state index is 0.153. The van der Waals surface area contributed by atoms with Gasteiger partial charge in [0.1, 0.15) is 11.5 Å². The molecule has 0 bridgehead atoms. The number of hydrogen-bond donors (Lipinski definition) is 1. The van der Waals surface area contributed by atoms with Crippen LogP contribution in [0.3, 0.4) is 0 Å². The van der Waals surface area contributed by atoms with Crippen molar-refractivity contribution in [3.63, 3.8) is 0 Å². The predicted octanol–water partition coefficient (Wildman–Crippen LogP) is 1.02. The number of nitrogens with zero attached hydrogens (tertiary/aromatic N) is 3. The smallest absolute Gasteiger partial charge is 0.273 e. The number of ether oxygens (including phenoxy) is 1. The molecule has 0 saturated carbocycles. The second kappa shape index (κ2) is 7.60. The second-order valence-electron chi connectivity index (χ2n) is 3.94. The van der Waals surface area contributed by atoms with Crippen LogP contribution in [-0.4, -0.2) is 54.6 Å². The van der Waals surface area contributed by atoms with Crippen molar-refractivity contribution in [1.82, 2.24) is 14.9 Å². The molecule has 18 heavy (non-hydrogen) atoms. The number of amides is 1. The molecule has 100 valence electrons. The van der Waals surface area contributed by atoms with E-state index in [2.05, 4.69) is 22.2 Å². The summed E-state index contributed by atoms with van der Waals surface area (Å²) in [4.78, 5) is 21.8. The molecule has 1 amide bonds. The number of aromatic nitrogens is 2. The Hall–Kier alpha value is -1.69. The molecule has 0 unspecified atom stereocenters. The molecule has 0 radical (unpaired) electrons. The Labute approximate surface area is 107 Å². The lowest BCUT2D eigenvalue weighted by Gasteiger charge is -2.16. The SMILES string of the molecule is CCCNc1cncc(C(=O)N(C)CCOC)n1. The van der Waals surface area contributed by atoms with Crippen LogP contribution in [0.4, 0.5) is 5.82 Å². The first-order chi connectivity index (χ1) is 8.69. The fourth-order valence-corrected chi connectivity index (χ4v) is 1.33. The third-order valence-electron chi connectivity index (χ3n) is 2.39. The fraction of sp³-hybridized carbons (Fsp3) is 0.583. The van der Waals surface area contributed by atoms with Gasteiger partial charge in [0.15, 0.2) is 0 Å². The van der Waals surface area contributed by atoms with Crippen LogP contribution in [0.15, 0.2) is 12.4 Å². The van der Waals surface area contributed by atoms with E-state index in [0.29, 0.717) is 24.7 Å². The van der Waals surface area contributed by atoms with Gasteiger partial charge in [0, 0.05) is 27.2 Å². The molecule has 0 aromatic carbocycles. The largest absolute Gasteiger partial charge is 0.383 e. The summed E-state index contributed by atoms with van der Waals surface area (Å²) < 4.78 is 4.93. The number of rotatable bonds is 7. The van der Waals surface area contributed by atoms with Gasteiger partial charge in [-0.15, -0.1) is 0 Å². The first kappa shape index (κ1) is 14.4. The molecule has 0 saturated heterocycles. The van der Waals surface area contributed by atoms with E-state index in [9.17, 15) is 4.79 Å². The fourth-order valence-electron chi connectivity index (χ4n) is 1.33. The van der Waals surface area contributed by atoms with Gasteiger partial charge in [-0.05, 0) is 6.42 Å². The van der Waals surface area contributed by atoms with Gasteiger partial charge < -0.3 is 15.0 Å². The number of methoxy groups -OCH3 is 1. The van der Waals surface area contributed by atoms with Crippen LogP contribution in [0.25, 0.3) is 0 Å². The summed E-state index contributed by atoms with van der Waals surface area (Å²) in [5.41, 5.74) is 0.342. The second-order valence-corrected chi connectivity index (χ2v) is 3.94. The number of carbonyl (C=O) groups excluding carboxylic acids is 1. The van der Waals surface area contributed by atoms with Crippen molar-refractivity contribution in [2.24, 2.45) is 0 Å². The lowest BCUT2D eigenvalue weighted by atomic mass is 10.4. The molecule has 0 fully saturated rings. The van der Waals surface area contributed by atoms with Crippen LogP contribution < -0.4 is 5.32 Å². The Morgan fingerprint density at radius 2 is 2.28 bits per heavy atom. The van der Waals surface area contributed by atoms with E-state index in [1.54, 1.807) is 25.3 Å². The van der Waals surface area contributed by atoms with Gasteiger partial charge in [-0.1, -0.05) is 6.92 Å². The Kier molecular flexibility index (Phi) is 6.07. The molecule has 0 atom stereocenters. The molecule has 0 spiro atoms. The molecule has 1 rings (SSSR count). The van der Waals surface area contributed by atoms with Gasteiger partial charge in [0.25, 0.3) is 5.91 Å². The average Bonchev–Trinajstić information content (AvgIpc) is 2.42. The van der Waals surface area contributed by atoms with Crippen LogP contribution in [-0.2, 0) is 4.74 Å². The van der Waals surface area contributed by atoms with Crippen molar-refractivity contribution >= 4 is 11.7 Å². The van der Waals surface area contributed by atoms with E-state index in [1.807, 2.05) is 0 Å². The molecule has 1 heterocycles. The van der Waals surface area contributed by atoms with Gasteiger partial charge in [0.2, 0.25) is 0 Å². The van der Waals surface area contributed by atoms with Gasteiger partial charge in [-0.25, -0.2) is 4.98 Å². The molecule has 6 nitrogen and oxygen atoms in total. The first-order valence-corrected chi connectivity index (χ1v) is 5.99. The van der Waals surface area contributed by atoms with Crippen molar-refractivity contribution in [2.45, 2.75) is 13.3 Å². The Morgan fingerprint density at radius 3 is 2.94 bits per heavy atom. The van der Waals surface area contributed by atoms with Crippen molar-refractivity contribution in [3.05, 3.63) is 18.1 Å². The molecule has 1 aromatic rings. The Balaban J connectivity index is 2.67. The summed E-state index contributed by atoms with van der Waals surface area (Å²) in [5.74, 6) is 0.475. The van der Waals surface area contributed by atoms with Crippen LogP contribution in [0.1, 0.15) is 23.8 Å². The zero-order valence-corrected chi connectivity index (χ0v) is 11.1. The maximum Gasteiger partial charge on any atom is 0.273 e. The zero-order chi connectivity index (χ0) is 13.4. The molecular formula is C12H20N4O2. The highest BCUT2D eigenvalue weighted by Crippen LogP contribution is 2.04. The summed E-state index contributed by atoms with van der Waals surface area (Å²) in [6.07, 6.45) is 4.08. The standard InChI is InChI=1S/C12H20N4O2/c1-4-5-14-11-9-13-8-10(15-11)12(17)16(2)6-7-18-3/h8-9H,4-7H2,1-3H3,(H,14,15). The van der Waals surface area contributed by atoms with Gasteiger partial charge in [-0.2, -0.15) is 0 Å². The zero-order valence-electron chi connectivity index (χ0n) is 11.1. The summed E-state index contributed by atoms with van der Waals surface area (Å²) in [6, 6.07) is 0. The van der Waals surface area contributed by atoms with E-state index < -0.39 is 0 Å². The van der Waals surface area contributed by atoms with Crippen LogP contribution in [0.2, 0.25) is 0 Å². The van der Waals surface area contributed by atoms with E-state index in [4.69, 9.17) is 4.74 Å². The average molecular weight is 252 g/mol. The van der Waals surface area contributed by atoms with E-state index in [1.165, 1.54) is 6.20 Å². The van der Waals surface area contributed by atoms with E-state index >= 15 is 0 Å². The lowest BCUT2D eigenvalue weighted by Crippen LogP contribution is -2.30. The number of anilines is 1. The number of likely N-dealkylation sites (N-methyl/N-ethyl adjacent to an activating group) is 1. The maximum absolute atomic E-state index is 12.0. The quantitative estimate of drug-likeness (QED) is 0.784. The van der Waals surface area contributed by atoms with E-state index in [-0.39, 0.29) is 5.91 Å². The molecular weight excluding hydrogens is 232 g/mol. The lowest BCUT2D eigenvalue weighted by molar-refractivity contribution is 0.0738. The van der Waals surface area contributed by atoms with Crippen molar-refractivity contribution in [3.8, 4) is 0 Å². The summed E-state index contributed by atoms with van der Waals surface area (Å²) in [6.45, 7) is 3.91. The highest BCUT2D eigenvalue weighted by Gasteiger charge is 2.13. The minimum Gasteiger partial charge on any atom is -0.383 e. The molecule has 6 heteroatoms. The summed E-state index contributed by atoms with van der Waals surface area (Å²) in [5, 5.41) is 3.10. The van der Waals surface area contributed by atoms with Crippen LogP contribution in [0, 0.1) is 0 Å². The van der Waals surface area contributed by atoms with Crippen LogP contribution in [0.5, 0.6) is 0 Å². The molecule has 0 aliphatic heterocycles. The van der Waals surface area contributed by atoms with E-state index in [0.717, 1.165) is 13.0 Å². The van der Waals surface area contributed by atoms with Crippen LogP contribution >= 0.6 is 0 Å². The van der Waals surface area contributed by atoms with Gasteiger partial charge >= 0.3 is 0 Å². The Morgan fingerprint density at radius 1 is 1.50 bits per heavy atom. The monoisotopic (exact) mass is 252 g/mol. The molecule has 0 aliphatic carbocycles. The third kappa shape index (κ3) is 4.29. The normalized spacial score (nSPS) is 10.2. The molecule has 1 N–H and O–H groups in total. The number of hydrogen-bond acceptors (Lipinski definition) is 5. The first-order valence-electron chi connectivity index (χ1n) is 5.99. The maximum atomic E-state index is 12.0.